The first-order valence-electron chi connectivity index (χ1n) is 12.9. The standard InChI is InChI=1S/C31H29N3O7S/c1-3-19-40-26-16-12-24(13-17-26)31(36)41-28-18-9-22(20-29(28)39-2)21-32-33-30(35)23-10-14-25(15-11-23)34-42(37,38)27-7-5-4-6-8-27/h4-18,20-21,34H,3,19H2,1-2H3,(H,33,35)/b32-21+. The number of rotatable bonds is 12. The molecule has 4 rings (SSSR count). The average molecular weight is 588 g/mol. The van der Waals surface area contributed by atoms with Crippen LogP contribution in [0.1, 0.15) is 39.6 Å². The van der Waals surface area contributed by atoms with E-state index in [1.807, 2.05) is 6.92 Å². The van der Waals surface area contributed by atoms with Crippen LogP contribution < -0.4 is 24.4 Å². The lowest BCUT2D eigenvalue weighted by atomic mass is 10.2. The molecule has 0 aliphatic rings. The van der Waals surface area contributed by atoms with Gasteiger partial charge in [0, 0.05) is 11.3 Å². The number of esters is 1. The lowest BCUT2D eigenvalue weighted by Gasteiger charge is -2.10. The van der Waals surface area contributed by atoms with Crippen molar-refractivity contribution in [2.45, 2.75) is 18.2 Å². The van der Waals surface area contributed by atoms with E-state index in [4.69, 9.17) is 14.2 Å². The summed E-state index contributed by atoms with van der Waals surface area (Å²) in [7, 11) is -2.30. The quantitative estimate of drug-likeness (QED) is 0.0999. The minimum Gasteiger partial charge on any atom is -0.494 e. The molecule has 216 valence electrons. The van der Waals surface area contributed by atoms with E-state index in [0.717, 1.165) is 6.42 Å². The van der Waals surface area contributed by atoms with Gasteiger partial charge in [0.05, 0.1) is 30.4 Å². The van der Waals surface area contributed by atoms with Gasteiger partial charge >= 0.3 is 5.97 Å². The number of methoxy groups -OCH3 is 1. The topological polar surface area (TPSA) is 132 Å². The second kappa shape index (κ2) is 14.0. The number of hydrogen-bond acceptors (Lipinski definition) is 8. The molecule has 0 atom stereocenters. The number of nitrogens with one attached hydrogen (secondary N) is 2. The van der Waals surface area contributed by atoms with Crippen molar-refractivity contribution in [3.05, 3.63) is 114 Å². The van der Waals surface area contributed by atoms with Crippen LogP contribution in [-0.4, -0.2) is 40.2 Å². The number of hydrogen-bond donors (Lipinski definition) is 2. The third kappa shape index (κ3) is 7.95. The Labute approximate surface area is 244 Å². The maximum Gasteiger partial charge on any atom is 0.343 e. The van der Waals surface area contributed by atoms with Gasteiger partial charge in [0.2, 0.25) is 0 Å². The van der Waals surface area contributed by atoms with E-state index in [1.165, 1.54) is 49.7 Å². The van der Waals surface area contributed by atoms with Gasteiger partial charge in [-0.1, -0.05) is 25.1 Å². The maximum absolute atomic E-state index is 12.6. The minimum atomic E-state index is -3.74. The van der Waals surface area contributed by atoms with E-state index in [9.17, 15) is 18.0 Å². The Morgan fingerprint density at radius 2 is 1.55 bits per heavy atom. The number of sulfonamides is 1. The van der Waals surface area contributed by atoms with Crippen LogP contribution in [0.4, 0.5) is 5.69 Å². The molecule has 0 radical (unpaired) electrons. The summed E-state index contributed by atoms with van der Waals surface area (Å²) < 4.78 is 43.8. The molecule has 11 heteroatoms. The monoisotopic (exact) mass is 587 g/mol. The first kappa shape index (κ1) is 29.8. The normalized spacial score (nSPS) is 11.1. The van der Waals surface area contributed by atoms with E-state index < -0.39 is 21.9 Å². The predicted octanol–water partition coefficient (Wildman–Crippen LogP) is 5.27. The molecule has 0 fully saturated rings. The lowest BCUT2D eigenvalue weighted by molar-refractivity contribution is 0.0729. The van der Waals surface area contributed by atoms with E-state index in [1.54, 1.807) is 60.7 Å². The second-order valence-electron chi connectivity index (χ2n) is 8.87. The van der Waals surface area contributed by atoms with Crippen LogP contribution in [0.25, 0.3) is 0 Å². The molecule has 0 aromatic heterocycles. The second-order valence-corrected chi connectivity index (χ2v) is 10.6. The summed E-state index contributed by atoms with van der Waals surface area (Å²) in [5.74, 6) is 0.147. The van der Waals surface area contributed by atoms with Gasteiger partial charge < -0.3 is 14.2 Å². The summed E-state index contributed by atoms with van der Waals surface area (Å²) in [5.41, 5.74) is 3.94. The molecule has 4 aromatic rings. The molecule has 0 aliphatic carbocycles. The molecule has 0 saturated carbocycles. The van der Waals surface area contributed by atoms with Crippen LogP contribution in [0.5, 0.6) is 17.2 Å². The van der Waals surface area contributed by atoms with Gasteiger partial charge in [-0.15, -0.1) is 0 Å². The van der Waals surface area contributed by atoms with E-state index in [0.29, 0.717) is 34.9 Å². The van der Waals surface area contributed by atoms with Crippen LogP contribution in [-0.2, 0) is 10.0 Å². The molecule has 0 heterocycles. The maximum atomic E-state index is 12.6. The van der Waals surface area contributed by atoms with Gasteiger partial charge in [0.1, 0.15) is 5.75 Å². The Kier molecular flexibility index (Phi) is 9.90. The fourth-order valence-electron chi connectivity index (χ4n) is 3.65. The molecule has 0 unspecified atom stereocenters. The molecule has 0 aliphatic heterocycles. The van der Waals surface area contributed by atoms with E-state index >= 15 is 0 Å². The van der Waals surface area contributed by atoms with Crippen molar-refractivity contribution in [2.75, 3.05) is 18.4 Å². The zero-order valence-electron chi connectivity index (χ0n) is 22.9. The van der Waals surface area contributed by atoms with Crippen molar-refractivity contribution in [2.24, 2.45) is 5.10 Å². The van der Waals surface area contributed by atoms with Crippen LogP contribution in [0.15, 0.2) is 107 Å². The smallest absolute Gasteiger partial charge is 0.343 e. The highest BCUT2D eigenvalue weighted by Gasteiger charge is 2.15. The fraction of sp³-hybridized carbons (Fsp3) is 0.129. The Morgan fingerprint density at radius 1 is 0.857 bits per heavy atom. The Bertz CT molecular complexity index is 1660. The molecule has 2 N–H and O–H groups in total. The number of ether oxygens (including phenoxy) is 3. The number of amides is 1. The Morgan fingerprint density at radius 3 is 2.21 bits per heavy atom. The SMILES string of the molecule is CCCOc1ccc(C(=O)Oc2ccc(/C=N/NC(=O)c3ccc(NS(=O)(=O)c4ccccc4)cc3)cc2OC)cc1. The van der Waals surface area contributed by atoms with Crippen molar-refractivity contribution >= 4 is 33.8 Å². The van der Waals surface area contributed by atoms with Crippen molar-refractivity contribution < 1.29 is 32.2 Å². The summed E-state index contributed by atoms with van der Waals surface area (Å²) in [6, 6.07) is 25.4. The van der Waals surface area contributed by atoms with Gasteiger partial charge in [-0.3, -0.25) is 9.52 Å². The van der Waals surface area contributed by atoms with E-state index in [-0.39, 0.29) is 16.2 Å². The lowest BCUT2D eigenvalue weighted by Crippen LogP contribution is -2.18. The van der Waals surface area contributed by atoms with Gasteiger partial charge in [-0.05, 0) is 90.8 Å². The number of carbonyl (C=O) groups excluding carboxylic acids is 2. The first-order chi connectivity index (χ1) is 20.3. The van der Waals surface area contributed by atoms with Crippen LogP contribution in [0, 0.1) is 0 Å². The van der Waals surface area contributed by atoms with Crippen LogP contribution >= 0.6 is 0 Å². The highest BCUT2D eigenvalue weighted by Crippen LogP contribution is 2.28. The minimum absolute atomic E-state index is 0.131. The number of nitrogens with zero attached hydrogens (tertiary/aromatic N) is 1. The highest BCUT2D eigenvalue weighted by atomic mass is 32.2. The average Bonchev–Trinajstić information content (AvgIpc) is 3.01. The highest BCUT2D eigenvalue weighted by molar-refractivity contribution is 7.92. The van der Waals surface area contributed by atoms with Gasteiger partial charge in [-0.25, -0.2) is 18.6 Å². The Hall–Kier alpha value is -5.16. The number of anilines is 1. The van der Waals surface area contributed by atoms with Crippen molar-refractivity contribution in [1.82, 2.24) is 5.43 Å². The van der Waals surface area contributed by atoms with Crippen LogP contribution in [0.3, 0.4) is 0 Å². The van der Waals surface area contributed by atoms with Gasteiger partial charge in [-0.2, -0.15) is 5.10 Å². The number of carbonyl (C=O) groups is 2. The van der Waals surface area contributed by atoms with Crippen LogP contribution in [0.2, 0.25) is 0 Å². The van der Waals surface area contributed by atoms with Crippen molar-refractivity contribution in [1.29, 1.82) is 0 Å². The summed E-state index contributed by atoms with van der Waals surface area (Å²) in [6.07, 6.45) is 2.29. The zero-order chi connectivity index (χ0) is 30.0. The summed E-state index contributed by atoms with van der Waals surface area (Å²) in [5, 5.41) is 3.97. The molecule has 4 aromatic carbocycles. The van der Waals surface area contributed by atoms with Crippen molar-refractivity contribution in [3.63, 3.8) is 0 Å². The number of hydrazone groups is 1. The fourth-order valence-corrected chi connectivity index (χ4v) is 4.73. The molecule has 10 nitrogen and oxygen atoms in total. The molecular weight excluding hydrogens is 558 g/mol. The predicted molar refractivity (Wildman–Crippen MR) is 159 cm³/mol. The molecule has 0 bridgehead atoms. The molecular formula is C31H29N3O7S. The van der Waals surface area contributed by atoms with E-state index in [2.05, 4.69) is 15.2 Å². The molecule has 0 saturated heterocycles. The summed E-state index contributed by atoms with van der Waals surface area (Å²) in [4.78, 5) is 25.2. The van der Waals surface area contributed by atoms with Gasteiger partial charge in [0.15, 0.2) is 11.5 Å². The third-order valence-electron chi connectivity index (χ3n) is 5.79. The Balaban J connectivity index is 1.33. The van der Waals surface area contributed by atoms with Crippen molar-refractivity contribution in [3.8, 4) is 17.2 Å². The molecule has 1 amide bonds. The zero-order valence-corrected chi connectivity index (χ0v) is 23.8. The largest absolute Gasteiger partial charge is 0.494 e. The summed E-state index contributed by atoms with van der Waals surface area (Å²) in [6.45, 7) is 2.60. The number of benzene rings is 4. The first-order valence-corrected chi connectivity index (χ1v) is 14.4. The molecule has 0 spiro atoms. The van der Waals surface area contributed by atoms with Gasteiger partial charge in [0.25, 0.3) is 15.9 Å². The summed E-state index contributed by atoms with van der Waals surface area (Å²) >= 11 is 0. The third-order valence-corrected chi connectivity index (χ3v) is 7.18. The molecule has 42 heavy (non-hydrogen) atoms.